The number of hydrogen-bond donors (Lipinski definition) is 2. The van der Waals surface area contributed by atoms with Crippen LogP contribution in [0.5, 0.6) is 5.75 Å². The Morgan fingerprint density at radius 2 is 2.00 bits per heavy atom. The van der Waals surface area contributed by atoms with Gasteiger partial charge in [0, 0.05) is 13.6 Å². The molecular weight excluding hydrogens is 414 g/mol. The molecule has 3 N–H and O–H groups in total. The van der Waals surface area contributed by atoms with E-state index < -0.39 is 5.66 Å². The molecular formula is C22H32ClN7O. The van der Waals surface area contributed by atoms with Gasteiger partial charge in [-0.25, -0.2) is 9.97 Å². The van der Waals surface area contributed by atoms with Gasteiger partial charge in [-0.2, -0.15) is 5.10 Å². The average Bonchev–Trinajstić information content (AvgIpc) is 3.07. The van der Waals surface area contributed by atoms with Crippen LogP contribution in [-0.2, 0) is 25.7 Å². The number of nitrogens with two attached hydrogens (primary N) is 1. The lowest BCUT2D eigenvalue weighted by Gasteiger charge is -2.33. The highest BCUT2D eigenvalue weighted by Gasteiger charge is 2.33. The molecule has 1 atom stereocenters. The predicted octanol–water partition coefficient (Wildman–Crippen LogP) is 3.67. The molecule has 1 aromatic carbocycles. The van der Waals surface area contributed by atoms with E-state index in [1.165, 1.54) is 0 Å². The van der Waals surface area contributed by atoms with Gasteiger partial charge in [0.05, 0.1) is 17.8 Å². The van der Waals surface area contributed by atoms with Gasteiger partial charge in [0.1, 0.15) is 22.4 Å². The molecule has 0 saturated carbocycles. The van der Waals surface area contributed by atoms with Gasteiger partial charge in [0.15, 0.2) is 11.6 Å². The van der Waals surface area contributed by atoms with Crippen molar-refractivity contribution in [3.05, 3.63) is 40.3 Å². The molecule has 3 rings (SSSR count). The highest BCUT2D eigenvalue weighted by atomic mass is 35.5. The number of halogens is 1. The summed E-state index contributed by atoms with van der Waals surface area (Å²) in [6.45, 7) is 4.71. The van der Waals surface area contributed by atoms with Crippen LogP contribution in [0.1, 0.15) is 43.8 Å². The summed E-state index contributed by atoms with van der Waals surface area (Å²) in [5.41, 5.74) is 9.61. The number of aryl methyl sites for hydroxylation is 2. The van der Waals surface area contributed by atoms with E-state index in [4.69, 9.17) is 37.1 Å². The average molecular weight is 446 g/mol. The van der Waals surface area contributed by atoms with Crippen LogP contribution in [0.25, 0.3) is 11.0 Å². The summed E-state index contributed by atoms with van der Waals surface area (Å²) in [6.07, 6.45) is 2.49. The third-order valence-corrected chi connectivity index (χ3v) is 5.93. The number of ether oxygens (including phenoxy) is 1. The fourth-order valence-corrected chi connectivity index (χ4v) is 3.92. The van der Waals surface area contributed by atoms with Gasteiger partial charge in [0.2, 0.25) is 0 Å². The predicted molar refractivity (Wildman–Crippen MR) is 125 cm³/mol. The second kappa shape index (κ2) is 9.38. The number of nitrogens with zero attached hydrogens (tertiary/aromatic N) is 5. The van der Waals surface area contributed by atoms with Gasteiger partial charge in [-0.05, 0) is 44.6 Å². The summed E-state index contributed by atoms with van der Waals surface area (Å²) in [4.78, 5) is 11.7. The second-order valence-electron chi connectivity index (χ2n) is 7.91. The minimum Gasteiger partial charge on any atom is -0.495 e. The maximum absolute atomic E-state index is 6.73. The van der Waals surface area contributed by atoms with Crippen LogP contribution in [0.15, 0.2) is 18.2 Å². The van der Waals surface area contributed by atoms with Gasteiger partial charge in [-0.3, -0.25) is 9.58 Å². The lowest BCUT2D eigenvalue weighted by Crippen LogP contribution is -2.50. The van der Waals surface area contributed by atoms with Gasteiger partial charge in [-0.15, -0.1) is 0 Å². The molecule has 1 unspecified atom stereocenters. The standard InChI is InChI=1S/C22H32ClN7O/c1-7-9-16-18-19(30(5)28-16)20(27-21(26-18)22(24,8-2)29(3)4)25-13-14-10-11-17(31-6)15(23)12-14/h10-12H,7-9,13,24H2,1-6H3,(H,25,26,27). The van der Waals surface area contributed by atoms with Crippen LogP contribution < -0.4 is 15.8 Å². The minimum atomic E-state index is -0.784. The monoisotopic (exact) mass is 445 g/mol. The molecule has 0 spiro atoms. The first kappa shape index (κ1) is 23.2. The molecule has 0 aliphatic rings. The van der Waals surface area contributed by atoms with E-state index in [2.05, 4.69) is 12.2 Å². The molecule has 0 aliphatic heterocycles. The van der Waals surface area contributed by atoms with E-state index in [1.807, 2.05) is 55.8 Å². The molecule has 0 amide bonds. The summed E-state index contributed by atoms with van der Waals surface area (Å²) in [5, 5.41) is 8.73. The number of methoxy groups -OCH3 is 1. The third-order valence-electron chi connectivity index (χ3n) is 5.64. The van der Waals surface area contributed by atoms with Crippen LogP contribution in [0.4, 0.5) is 5.82 Å². The highest BCUT2D eigenvalue weighted by Crippen LogP contribution is 2.30. The van der Waals surface area contributed by atoms with E-state index >= 15 is 0 Å². The molecule has 31 heavy (non-hydrogen) atoms. The van der Waals surface area contributed by atoms with E-state index in [0.29, 0.717) is 35.4 Å². The smallest absolute Gasteiger partial charge is 0.166 e. The van der Waals surface area contributed by atoms with Crippen molar-refractivity contribution in [3.8, 4) is 5.75 Å². The van der Waals surface area contributed by atoms with Crippen LogP contribution in [0.2, 0.25) is 5.02 Å². The normalized spacial score (nSPS) is 13.6. The summed E-state index contributed by atoms with van der Waals surface area (Å²) >= 11 is 6.29. The maximum atomic E-state index is 6.73. The van der Waals surface area contributed by atoms with Crippen molar-refractivity contribution >= 4 is 28.5 Å². The number of benzene rings is 1. The highest BCUT2D eigenvalue weighted by molar-refractivity contribution is 6.32. The van der Waals surface area contributed by atoms with E-state index in [1.54, 1.807) is 7.11 Å². The van der Waals surface area contributed by atoms with Crippen molar-refractivity contribution in [2.24, 2.45) is 12.8 Å². The summed E-state index contributed by atoms with van der Waals surface area (Å²) in [6, 6.07) is 5.72. The fraction of sp³-hybridized carbons (Fsp3) is 0.500. The van der Waals surface area contributed by atoms with Crippen molar-refractivity contribution < 1.29 is 4.74 Å². The zero-order valence-corrected chi connectivity index (χ0v) is 19.9. The Morgan fingerprint density at radius 3 is 2.58 bits per heavy atom. The topological polar surface area (TPSA) is 94.1 Å². The molecule has 8 nitrogen and oxygen atoms in total. The van der Waals surface area contributed by atoms with Crippen LogP contribution in [0.3, 0.4) is 0 Å². The Balaban J connectivity index is 2.09. The van der Waals surface area contributed by atoms with Crippen LogP contribution >= 0.6 is 11.6 Å². The summed E-state index contributed by atoms with van der Waals surface area (Å²) in [5.74, 6) is 1.93. The first-order valence-electron chi connectivity index (χ1n) is 10.5. The zero-order chi connectivity index (χ0) is 22.8. The van der Waals surface area contributed by atoms with Crippen molar-refractivity contribution in [1.29, 1.82) is 0 Å². The van der Waals surface area contributed by atoms with Crippen LogP contribution in [-0.4, -0.2) is 45.9 Å². The number of rotatable bonds is 9. The first-order valence-corrected chi connectivity index (χ1v) is 10.9. The Hall–Kier alpha value is -2.42. The Bertz CT molecular complexity index is 1070. The summed E-state index contributed by atoms with van der Waals surface area (Å²) < 4.78 is 7.09. The van der Waals surface area contributed by atoms with E-state index in [-0.39, 0.29) is 0 Å². The molecule has 0 fully saturated rings. The molecule has 0 bridgehead atoms. The van der Waals surface area contributed by atoms with Gasteiger partial charge < -0.3 is 15.8 Å². The lowest BCUT2D eigenvalue weighted by atomic mass is 10.1. The summed E-state index contributed by atoms with van der Waals surface area (Å²) in [7, 11) is 7.41. The molecule has 3 aromatic rings. The molecule has 2 aromatic heterocycles. The van der Waals surface area contributed by atoms with Crippen LogP contribution in [0, 0.1) is 0 Å². The van der Waals surface area contributed by atoms with E-state index in [9.17, 15) is 0 Å². The Morgan fingerprint density at radius 1 is 1.26 bits per heavy atom. The van der Waals surface area contributed by atoms with Gasteiger partial charge in [0.25, 0.3) is 0 Å². The fourth-order valence-electron chi connectivity index (χ4n) is 3.64. The van der Waals surface area contributed by atoms with Gasteiger partial charge in [-0.1, -0.05) is 37.9 Å². The van der Waals surface area contributed by atoms with Crippen molar-refractivity contribution in [2.45, 2.75) is 45.3 Å². The minimum absolute atomic E-state index is 0.537. The molecule has 168 valence electrons. The SMILES string of the molecule is CCCc1nn(C)c2c(NCc3ccc(OC)c(Cl)c3)nc(C(N)(CC)N(C)C)nc12. The second-order valence-corrected chi connectivity index (χ2v) is 8.32. The maximum Gasteiger partial charge on any atom is 0.166 e. The molecule has 9 heteroatoms. The van der Waals surface area contributed by atoms with Crippen molar-refractivity contribution in [2.75, 3.05) is 26.5 Å². The van der Waals surface area contributed by atoms with Gasteiger partial charge >= 0.3 is 0 Å². The van der Waals surface area contributed by atoms with Crippen molar-refractivity contribution in [3.63, 3.8) is 0 Å². The third kappa shape index (κ3) is 4.46. The largest absolute Gasteiger partial charge is 0.495 e. The quantitative estimate of drug-likeness (QED) is 0.485. The number of aromatic nitrogens is 4. The number of nitrogens with one attached hydrogen (secondary N) is 1. The van der Waals surface area contributed by atoms with E-state index in [0.717, 1.165) is 35.1 Å². The number of fused-ring (bicyclic) bond motifs is 1. The number of anilines is 1. The van der Waals surface area contributed by atoms with Crippen molar-refractivity contribution in [1.82, 2.24) is 24.6 Å². The molecule has 2 heterocycles. The zero-order valence-electron chi connectivity index (χ0n) is 19.2. The lowest BCUT2D eigenvalue weighted by molar-refractivity contribution is 0.142. The first-order chi connectivity index (χ1) is 14.7. The molecule has 0 aliphatic carbocycles. The Labute approximate surface area is 188 Å². The molecule has 0 radical (unpaired) electrons. The molecule has 0 saturated heterocycles. The number of hydrogen-bond acceptors (Lipinski definition) is 7. The Kier molecular flexibility index (Phi) is 7.03.